The minimum absolute atomic E-state index is 0.146. The highest BCUT2D eigenvalue weighted by Crippen LogP contribution is 2.23. The van der Waals surface area contributed by atoms with Crippen molar-refractivity contribution in [1.29, 1.82) is 0 Å². The van der Waals surface area contributed by atoms with Crippen LogP contribution in [0.1, 0.15) is 22.7 Å². The first kappa shape index (κ1) is 14.0. The average Bonchev–Trinajstić information content (AvgIpc) is 3.14. The van der Waals surface area contributed by atoms with Crippen molar-refractivity contribution in [1.82, 2.24) is 19.8 Å². The van der Waals surface area contributed by atoms with Gasteiger partial charge in [-0.1, -0.05) is 0 Å². The number of thiophene rings is 1. The number of hydrogen-bond donors (Lipinski definition) is 1. The van der Waals surface area contributed by atoms with E-state index in [-0.39, 0.29) is 11.9 Å². The molecule has 0 aromatic carbocycles. The molecule has 22 heavy (non-hydrogen) atoms. The van der Waals surface area contributed by atoms with E-state index in [1.807, 2.05) is 23.7 Å². The predicted octanol–water partition coefficient (Wildman–Crippen LogP) is 1.43. The van der Waals surface area contributed by atoms with Crippen molar-refractivity contribution in [3.63, 3.8) is 0 Å². The zero-order valence-electron chi connectivity index (χ0n) is 12.5. The van der Waals surface area contributed by atoms with Crippen LogP contribution in [0, 0.1) is 0 Å². The van der Waals surface area contributed by atoms with Crippen LogP contribution >= 0.6 is 11.3 Å². The fraction of sp³-hybridized carbons (Fsp3) is 0.500. The second-order valence-corrected chi connectivity index (χ2v) is 7.13. The molecule has 0 spiro atoms. The summed E-state index contributed by atoms with van der Waals surface area (Å²) in [5.74, 6) is 1.28. The van der Waals surface area contributed by atoms with Crippen molar-refractivity contribution in [3.8, 4) is 0 Å². The van der Waals surface area contributed by atoms with Gasteiger partial charge in [-0.15, -0.1) is 11.3 Å². The maximum Gasteiger partial charge on any atom is 0.234 e. The zero-order chi connectivity index (χ0) is 14.9. The lowest BCUT2D eigenvalue weighted by molar-refractivity contribution is -0.123. The second-order valence-electron chi connectivity index (χ2n) is 6.13. The van der Waals surface area contributed by atoms with Crippen LogP contribution in [0.3, 0.4) is 0 Å². The number of fused-ring (bicyclic) bond motifs is 2. The Morgan fingerprint density at radius 3 is 3.36 bits per heavy atom. The maximum atomic E-state index is 12.3. The lowest BCUT2D eigenvalue weighted by Crippen LogP contribution is -2.46. The van der Waals surface area contributed by atoms with Gasteiger partial charge in [-0.05, 0) is 29.9 Å². The Bertz CT molecular complexity index is 621. The lowest BCUT2D eigenvalue weighted by Gasteiger charge is -2.28. The quantitative estimate of drug-likeness (QED) is 0.932. The fourth-order valence-electron chi connectivity index (χ4n) is 3.40. The molecule has 116 valence electrons. The van der Waals surface area contributed by atoms with E-state index in [2.05, 4.69) is 31.2 Å². The van der Waals surface area contributed by atoms with E-state index in [4.69, 9.17) is 0 Å². The SMILES string of the molecule is O=C(CN1CCc2sccc2C1)NC1CCc2nccn2C1. The topological polar surface area (TPSA) is 50.2 Å². The summed E-state index contributed by atoms with van der Waals surface area (Å²) in [6, 6.07) is 2.42. The van der Waals surface area contributed by atoms with Gasteiger partial charge in [0.15, 0.2) is 0 Å². The van der Waals surface area contributed by atoms with E-state index in [1.54, 1.807) is 0 Å². The standard InChI is InChI=1S/C16H20N4OS/c21-16(11-19-6-3-14-12(9-19)4-8-22-14)18-13-1-2-15-17-5-7-20(15)10-13/h4-5,7-8,13H,1-3,6,9-11H2,(H,18,21). The van der Waals surface area contributed by atoms with Gasteiger partial charge in [0.25, 0.3) is 0 Å². The molecule has 6 heteroatoms. The maximum absolute atomic E-state index is 12.3. The Hall–Kier alpha value is -1.66. The highest BCUT2D eigenvalue weighted by molar-refractivity contribution is 7.10. The van der Waals surface area contributed by atoms with Crippen LogP contribution in [-0.2, 0) is 30.7 Å². The van der Waals surface area contributed by atoms with Gasteiger partial charge < -0.3 is 9.88 Å². The van der Waals surface area contributed by atoms with Crippen LogP contribution in [-0.4, -0.2) is 39.5 Å². The van der Waals surface area contributed by atoms with Gasteiger partial charge >= 0.3 is 0 Å². The first-order chi connectivity index (χ1) is 10.8. The van der Waals surface area contributed by atoms with Crippen molar-refractivity contribution < 1.29 is 4.79 Å². The first-order valence-electron chi connectivity index (χ1n) is 7.85. The van der Waals surface area contributed by atoms with E-state index >= 15 is 0 Å². The van der Waals surface area contributed by atoms with Gasteiger partial charge in [-0.25, -0.2) is 4.98 Å². The molecule has 1 atom stereocenters. The third-order valence-corrected chi connectivity index (χ3v) is 5.58. The Morgan fingerprint density at radius 2 is 2.41 bits per heavy atom. The van der Waals surface area contributed by atoms with Crippen molar-refractivity contribution in [3.05, 3.63) is 40.1 Å². The number of carbonyl (C=O) groups excluding carboxylic acids is 1. The molecule has 4 heterocycles. The molecule has 2 aromatic heterocycles. The summed E-state index contributed by atoms with van der Waals surface area (Å²) in [4.78, 5) is 20.4. The zero-order valence-corrected chi connectivity index (χ0v) is 13.3. The highest BCUT2D eigenvalue weighted by atomic mass is 32.1. The third-order valence-electron chi connectivity index (χ3n) is 4.55. The Morgan fingerprint density at radius 1 is 1.45 bits per heavy atom. The molecule has 2 aliphatic rings. The number of aromatic nitrogens is 2. The number of carbonyl (C=O) groups is 1. The number of nitrogens with one attached hydrogen (secondary N) is 1. The number of hydrogen-bond acceptors (Lipinski definition) is 4. The van der Waals surface area contributed by atoms with Crippen LogP contribution in [0.2, 0.25) is 0 Å². The van der Waals surface area contributed by atoms with Crippen LogP contribution < -0.4 is 5.32 Å². The van der Waals surface area contributed by atoms with Crippen molar-refractivity contribution in [2.24, 2.45) is 0 Å². The molecule has 4 rings (SSSR count). The molecule has 2 aliphatic heterocycles. The van der Waals surface area contributed by atoms with Crippen molar-refractivity contribution in [2.75, 3.05) is 13.1 Å². The summed E-state index contributed by atoms with van der Waals surface area (Å²) in [5, 5.41) is 5.34. The van der Waals surface area contributed by atoms with Gasteiger partial charge in [0.05, 0.1) is 6.54 Å². The second kappa shape index (κ2) is 5.85. The smallest absolute Gasteiger partial charge is 0.234 e. The number of rotatable bonds is 3. The minimum Gasteiger partial charge on any atom is -0.350 e. The highest BCUT2D eigenvalue weighted by Gasteiger charge is 2.23. The van der Waals surface area contributed by atoms with E-state index in [0.717, 1.165) is 44.7 Å². The molecule has 0 bridgehead atoms. The fourth-order valence-corrected chi connectivity index (χ4v) is 4.29. The number of imidazole rings is 1. The molecule has 1 unspecified atom stereocenters. The Kier molecular flexibility index (Phi) is 3.72. The molecular weight excluding hydrogens is 296 g/mol. The first-order valence-corrected chi connectivity index (χ1v) is 8.73. The Labute approximate surface area is 134 Å². The molecule has 0 fully saturated rings. The summed E-state index contributed by atoms with van der Waals surface area (Å²) in [5.41, 5.74) is 1.39. The summed E-state index contributed by atoms with van der Waals surface area (Å²) in [6.07, 6.45) is 6.83. The number of aryl methyl sites for hydroxylation is 1. The van der Waals surface area contributed by atoms with Gasteiger partial charge in [0.1, 0.15) is 5.82 Å². The summed E-state index contributed by atoms with van der Waals surface area (Å²) >= 11 is 1.83. The van der Waals surface area contributed by atoms with Crippen LogP contribution in [0.25, 0.3) is 0 Å². The third kappa shape index (κ3) is 2.80. The van der Waals surface area contributed by atoms with Gasteiger partial charge in [-0.3, -0.25) is 9.69 Å². The molecule has 0 saturated carbocycles. The molecule has 1 N–H and O–H groups in total. The number of amides is 1. The monoisotopic (exact) mass is 316 g/mol. The van der Waals surface area contributed by atoms with Crippen molar-refractivity contribution in [2.45, 2.75) is 38.4 Å². The molecule has 0 aliphatic carbocycles. The van der Waals surface area contributed by atoms with E-state index in [1.165, 1.54) is 10.4 Å². The molecule has 0 saturated heterocycles. The van der Waals surface area contributed by atoms with Crippen LogP contribution in [0.15, 0.2) is 23.8 Å². The number of nitrogens with zero attached hydrogens (tertiary/aromatic N) is 3. The summed E-state index contributed by atoms with van der Waals surface area (Å²) in [6.45, 7) is 3.23. The van der Waals surface area contributed by atoms with Crippen LogP contribution in [0.4, 0.5) is 0 Å². The average molecular weight is 316 g/mol. The van der Waals surface area contributed by atoms with Crippen molar-refractivity contribution >= 4 is 17.2 Å². The minimum atomic E-state index is 0.146. The lowest BCUT2D eigenvalue weighted by atomic mass is 10.1. The van der Waals surface area contributed by atoms with Crippen LogP contribution in [0.5, 0.6) is 0 Å². The normalized spacial score (nSPS) is 21.2. The summed E-state index contributed by atoms with van der Waals surface area (Å²) in [7, 11) is 0. The molecular formula is C16H20N4OS. The molecule has 2 aromatic rings. The Balaban J connectivity index is 1.31. The van der Waals surface area contributed by atoms with E-state index in [9.17, 15) is 4.79 Å². The van der Waals surface area contributed by atoms with Gasteiger partial charge in [0.2, 0.25) is 5.91 Å². The largest absolute Gasteiger partial charge is 0.350 e. The van der Waals surface area contributed by atoms with Gasteiger partial charge in [-0.2, -0.15) is 0 Å². The molecule has 1 amide bonds. The summed E-state index contributed by atoms with van der Waals surface area (Å²) < 4.78 is 2.15. The molecule has 0 radical (unpaired) electrons. The van der Waals surface area contributed by atoms with E-state index < -0.39 is 0 Å². The molecule has 5 nitrogen and oxygen atoms in total. The van der Waals surface area contributed by atoms with E-state index in [0.29, 0.717) is 6.54 Å². The van der Waals surface area contributed by atoms with Gasteiger partial charge in [0, 0.05) is 49.4 Å². The predicted molar refractivity (Wildman–Crippen MR) is 85.8 cm³/mol.